The largest absolute Gasteiger partial charge is 0.207 e. The first kappa shape index (κ1) is 10.2. The molecule has 2 heteroatoms. The lowest BCUT2D eigenvalue weighted by Crippen LogP contribution is -2.00. The zero-order chi connectivity index (χ0) is 9.84. The molecule has 0 aliphatic carbocycles. The second-order valence-electron chi connectivity index (χ2n) is 3.33. The van der Waals surface area contributed by atoms with Crippen molar-refractivity contribution in [1.82, 2.24) is 0 Å². The number of rotatable bonds is 3. The van der Waals surface area contributed by atoms with Crippen LogP contribution in [0.25, 0.3) is 0 Å². The fourth-order valence-electron chi connectivity index (χ4n) is 1.56. The molecule has 0 aromatic heterocycles. The van der Waals surface area contributed by atoms with Crippen LogP contribution < -0.4 is 0 Å². The normalized spacial score (nSPS) is 12.9. The Bertz CT molecular complexity index is 261. The van der Waals surface area contributed by atoms with Crippen molar-refractivity contribution in [3.05, 3.63) is 35.4 Å². The van der Waals surface area contributed by atoms with Crippen LogP contribution in [0, 0.1) is 11.6 Å². The maximum Gasteiger partial charge on any atom is 0.129 e. The first-order valence-corrected chi connectivity index (χ1v) is 4.60. The van der Waals surface area contributed by atoms with Crippen molar-refractivity contribution in [2.75, 3.05) is 0 Å². The van der Waals surface area contributed by atoms with E-state index in [0.717, 1.165) is 12.8 Å². The number of hydrogen-bond acceptors (Lipinski definition) is 0. The van der Waals surface area contributed by atoms with Crippen LogP contribution in [-0.4, -0.2) is 0 Å². The van der Waals surface area contributed by atoms with Crippen LogP contribution in [0.5, 0.6) is 0 Å². The zero-order valence-electron chi connectivity index (χ0n) is 7.98. The maximum atomic E-state index is 13.2. The molecule has 0 saturated carbocycles. The van der Waals surface area contributed by atoms with Gasteiger partial charge in [0, 0.05) is 5.56 Å². The van der Waals surface area contributed by atoms with Gasteiger partial charge in [0.15, 0.2) is 0 Å². The summed E-state index contributed by atoms with van der Waals surface area (Å²) in [6.07, 6.45) is 1.76. The summed E-state index contributed by atoms with van der Waals surface area (Å²) in [5.41, 5.74) is 0.226. The highest BCUT2D eigenvalue weighted by molar-refractivity contribution is 5.23. The molecule has 1 unspecified atom stereocenters. The molecular weight excluding hydrogens is 170 g/mol. The molecule has 0 nitrogen and oxygen atoms in total. The van der Waals surface area contributed by atoms with Gasteiger partial charge < -0.3 is 0 Å². The van der Waals surface area contributed by atoms with Gasteiger partial charge >= 0.3 is 0 Å². The summed E-state index contributed by atoms with van der Waals surface area (Å²) in [4.78, 5) is 0. The van der Waals surface area contributed by atoms with Gasteiger partial charge in [-0.2, -0.15) is 0 Å². The number of halogens is 2. The average Bonchev–Trinajstić information content (AvgIpc) is 2.04. The third-order valence-electron chi connectivity index (χ3n) is 2.21. The summed E-state index contributed by atoms with van der Waals surface area (Å²) in [7, 11) is 0. The first-order chi connectivity index (χ1) is 6.16. The van der Waals surface area contributed by atoms with E-state index in [-0.39, 0.29) is 11.5 Å². The molecule has 0 bridgehead atoms. The average molecular weight is 184 g/mol. The topological polar surface area (TPSA) is 0 Å². The van der Waals surface area contributed by atoms with Gasteiger partial charge in [0.25, 0.3) is 0 Å². The van der Waals surface area contributed by atoms with Gasteiger partial charge in [-0.25, -0.2) is 8.78 Å². The molecule has 0 heterocycles. The summed E-state index contributed by atoms with van der Waals surface area (Å²) in [6, 6.07) is 4.02. The highest BCUT2D eigenvalue weighted by atomic mass is 19.1. The summed E-state index contributed by atoms with van der Waals surface area (Å²) in [5, 5.41) is 0. The predicted molar refractivity (Wildman–Crippen MR) is 49.7 cm³/mol. The van der Waals surface area contributed by atoms with Gasteiger partial charge in [-0.1, -0.05) is 26.3 Å². The fourth-order valence-corrected chi connectivity index (χ4v) is 1.56. The van der Waals surface area contributed by atoms with Gasteiger partial charge in [0.1, 0.15) is 11.6 Å². The van der Waals surface area contributed by atoms with Crippen molar-refractivity contribution < 1.29 is 8.78 Å². The Kier molecular flexibility index (Phi) is 3.40. The Morgan fingerprint density at radius 1 is 1.23 bits per heavy atom. The highest BCUT2D eigenvalue weighted by Crippen LogP contribution is 2.25. The smallest absolute Gasteiger partial charge is 0.129 e. The monoisotopic (exact) mass is 184 g/mol. The van der Waals surface area contributed by atoms with E-state index < -0.39 is 11.6 Å². The molecule has 0 fully saturated rings. The van der Waals surface area contributed by atoms with Gasteiger partial charge in [0.2, 0.25) is 0 Å². The van der Waals surface area contributed by atoms with E-state index in [1.807, 2.05) is 13.8 Å². The van der Waals surface area contributed by atoms with Crippen molar-refractivity contribution >= 4 is 0 Å². The molecule has 0 amide bonds. The molecule has 1 rings (SSSR count). The third-order valence-corrected chi connectivity index (χ3v) is 2.21. The lowest BCUT2D eigenvalue weighted by Gasteiger charge is -2.12. The van der Waals surface area contributed by atoms with E-state index in [0.29, 0.717) is 0 Å². The summed E-state index contributed by atoms with van der Waals surface area (Å²) >= 11 is 0. The molecule has 0 aliphatic heterocycles. The molecule has 1 aromatic rings. The first-order valence-electron chi connectivity index (χ1n) is 4.60. The highest BCUT2D eigenvalue weighted by Gasteiger charge is 2.14. The van der Waals surface area contributed by atoms with Gasteiger partial charge in [-0.15, -0.1) is 0 Å². The number of hydrogen-bond donors (Lipinski definition) is 0. The molecule has 13 heavy (non-hydrogen) atoms. The van der Waals surface area contributed by atoms with E-state index in [2.05, 4.69) is 0 Å². The molecule has 0 radical (unpaired) electrons. The van der Waals surface area contributed by atoms with E-state index in [1.54, 1.807) is 0 Å². The van der Waals surface area contributed by atoms with Gasteiger partial charge in [-0.3, -0.25) is 0 Å². The molecule has 0 N–H and O–H groups in total. The molecule has 1 aromatic carbocycles. The van der Waals surface area contributed by atoms with Crippen LogP contribution in [0.1, 0.15) is 38.2 Å². The minimum Gasteiger partial charge on any atom is -0.207 e. The quantitative estimate of drug-likeness (QED) is 0.669. The second kappa shape index (κ2) is 4.35. The third kappa shape index (κ3) is 2.27. The Balaban J connectivity index is 2.98. The fraction of sp³-hybridized carbons (Fsp3) is 0.455. The maximum absolute atomic E-state index is 13.2. The second-order valence-corrected chi connectivity index (χ2v) is 3.33. The Morgan fingerprint density at radius 3 is 2.23 bits per heavy atom. The van der Waals surface area contributed by atoms with Gasteiger partial charge in [-0.05, 0) is 24.5 Å². The molecule has 72 valence electrons. The van der Waals surface area contributed by atoms with Crippen LogP contribution in [0.4, 0.5) is 8.78 Å². The SMILES string of the molecule is CCCC(C)c1c(F)cccc1F. The van der Waals surface area contributed by atoms with Crippen molar-refractivity contribution in [1.29, 1.82) is 0 Å². The minimum absolute atomic E-state index is 0.0359. The molecule has 0 spiro atoms. The number of benzene rings is 1. The lowest BCUT2D eigenvalue weighted by molar-refractivity contribution is 0.518. The Labute approximate surface area is 77.6 Å². The van der Waals surface area contributed by atoms with Crippen molar-refractivity contribution in [3.8, 4) is 0 Å². The van der Waals surface area contributed by atoms with E-state index in [1.165, 1.54) is 18.2 Å². The van der Waals surface area contributed by atoms with E-state index in [9.17, 15) is 8.78 Å². The van der Waals surface area contributed by atoms with Crippen LogP contribution in [0.15, 0.2) is 18.2 Å². The molecule has 1 atom stereocenters. The summed E-state index contributed by atoms with van der Waals surface area (Å²) in [5.74, 6) is -0.895. The molecular formula is C11H14F2. The van der Waals surface area contributed by atoms with Crippen LogP contribution in [0.3, 0.4) is 0 Å². The van der Waals surface area contributed by atoms with Crippen molar-refractivity contribution in [3.63, 3.8) is 0 Å². The summed E-state index contributed by atoms with van der Waals surface area (Å²) in [6.45, 7) is 3.86. The lowest BCUT2D eigenvalue weighted by atomic mass is 9.95. The van der Waals surface area contributed by atoms with Crippen molar-refractivity contribution in [2.45, 2.75) is 32.6 Å². The van der Waals surface area contributed by atoms with Crippen LogP contribution in [0.2, 0.25) is 0 Å². The Morgan fingerprint density at radius 2 is 1.77 bits per heavy atom. The van der Waals surface area contributed by atoms with Crippen molar-refractivity contribution in [2.24, 2.45) is 0 Å². The van der Waals surface area contributed by atoms with Crippen LogP contribution >= 0.6 is 0 Å². The van der Waals surface area contributed by atoms with E-state index in [4.69, 9.17) is 0 Å². The van der Waals surface area contributed by atoms with Gasteiger partial charge in [0.05, 0.1) is 0 Å². The van der Waals surface area contributed by atoms with Crippen LogP contribution in [-0.2, 0) is 0 Å². The van der Waals surface area contributed by atoms with E-state index >= 15 is 0 Å². The Hall–Kier alpha value is -0.920. The summed E-state index contributed by atoms with van der Waals surface area (Å²) < 4.78 is 26.4. The zero-order valence-corrected chi connectivity index (χ0v) is 7.98. The molecule has 0 aliphatic rings. The predicted octanol–water partition coefficient (Wildman–Crippen LogP) is 3.87. The standard InChI is InChI=1S/C11H14F2/c1-3-5-8(2)11-9(12)6-4-7-10(11)13/h4,6-8H,3,5H2,1-2H3. The minimum atomic E-state index is -0.430. The molecule has 0 saturated heterocycles.